The second-order valence-electron chi connectivity index (χ2n) is 4.13. The summed E-state index contributed by atoms with van der Waals surface area (Å²) in [6.45, 7) is 2.32. The monoisotopic (exact) mass is 246 g/mol. The van der Waals surface area contributed by atoms with Crippen molar-refractivity contribution >= 4 is 5.97 Å². The topological polar surface area (TPSA) is 80.9 Å². The molecule has 6 heteroatoms. The number of rotatable bonds is 5. The van der Waals surface area contributed by atoms with Crippen molar-refractivity contribution in [3.63, 3.8) is 0 Å². The van der Waals surface area contributed by atoms with Gasteiger partial charge in [-0.25, -0.2) is 4.68 Å². The maximum atomic E-state index is 10.5. The van der Waals surface area contributed by atoms with E-state index in [0.29, 0.717) is 18.8 Å². The van der Waals surface area contributed by atoms with Gasteiger partial charge in [0.25, 0.3) is 0 Å². The summed E-state index contributed by atoms with van der Waals surface area (Å²) in [5.74, 6) is -0.172. The molecule has 0 unspecified atom stereocenters. The largest absolute Gasteiger partial charge is 0.481 e. The fourth-order valence-corrected chi connectivity index (χ4v) is 1.73. The van der Waals surface area contributed by atoms with Gasteiger partial charge in [0, 0.05) is 6.42 Å². The van der Waals surface area contributed by atoms with Crippen LogP contribution in [-0.4, -0.2) is 31.3 Å². The van der Waals surface area contributed by atoms with E-state index in [1.165, 1.54) is 10.2 Å². The van der Waals surface area contributed by atoms with Crippen LogP contribution < -0.4 is 0 Å². The third kappa shape index (κ3) is 3.13. The van der Waals surface area contributed by atoms with E-state index in [-0.39, 0.29) is 6.42 Å². The van der Waals surface area contributed by atoms with Gasteiger partial charge in [0.05, 0.1) is 13.0 Å². The molecule has 0 aliphatic carbocycles. The van der Waals surface area contributed by atoms with E-state index in [1.54, 1.807) is 0 Å². The van der Waals surface area contributed by atoms with Crippen molar-refractivity contribution in [1.82, 2.24) is 20.2 Å². The van der Waals surface area contributed by atoms with Crippen molar-refractivity contribution < 1.29 is 9.90 Å². The highest BCUT2D eigenvalue weighted by molar-refractivity contribution is 5.66. The van der Waals surface area contributed by atoms with Crippen LogP contribution in [0.15, 0.2) is 24.3 Å². The Bertz CT molecular complexity index is 551. The molecule has 94 valence electrons. The number of nitrogens with zero attached hydrogens (tertiary/aromatic N) is 4. The van der Waals surface area contributed by atoms with Gasteiger partial charge in [-0.3, -0.25) is 4.79 Å². The molecule has 0 bridgehead atoms. The molecule has 0 fully saturated rings. The number of carboxylic acid groups (broad SMARTS) is 1. The molecule has 1 aromatic carbocycles. The van der Waals surface area contributed by atoms with Gasteiger partial charge in [-0.05, 0) is 22.9 Å². The van der Waals surface area contributed by atoms with Gasteiger partial charge < -0.3 is 5.11 Å². The van der Waals surface area contributed by atoms with E-state index in [1.807, 2.05) is 25.1 Å². The fourth-order valence-electron chi connectivity index (χ4n) is 1.73. The minimum Gasteiger partial charge on any atom is -0.481 e. The van der Waals surface area contributed by atoms with Gasteiger partial charge in [-0.1, -0.05) is 29.8 Å². The van der Waals surface area contributed by atoms with E-state index in [0.717, 1.165) is 5.56 Å². The molecular formula is C12H14N4O2. The predicted molar refractivity (Wildman–Crippen MR) is 64.1 cm³/mol. The Morgan fingerprint density at radius 2 is 2.28 bits per heavy atom. The molecule has 0 aliphatic heterocycles. The molecule has 2 aromatic rings. The second kappa shape index (κ2) is 5.39. The number of hydrogen-bond donors (Lipinski definition) is 1. The maximum Gasteiger partial charge on any atom is 0.305 e. The van der Waals surface area contributed by atoms with Crippen molar-refractivity contribution in [3.8, 4) is 0 Å². The molecule has 0 saturated carbocycles. The number of carboxylic acids is 1. The van der Waals surface area contributed by atoms with Crippen molar-refractivity contribution in [2.45, 2.75) is 26.3 Å². The summed E-state index contributed by atoms with van der Waals surface area (Å²) in [5, 5.41) is 20.0. The summed E-state index contributed by atoms with van der Waals surface area (Å²) in [4.78, 5) is 10.5. The molecule has 1 aromatic heterocycles. The van der Waals surface area contributed by atoms with Crippen LogP contribution >= 0.6 is 0 Å². The summed E-state index contributed by atoms with van der Waals surface area (Å²) in [6, 6.07) is 8.08. The number of aryl methyl sites for hydroxylation is 2. The van der Waals surface area contributed by atoms with E-state index in [4.69, 9.17) is 5.11 Å². The van der Waals surface area contributed by atoms with Crippen LogP contribution in [0.4, 0.5) is 0 Å². The molecule has 0 saturated heterocycles. The number of aromatic nitrogens is 4. The lowest BCUT2D eigenvalue weighted by atomic mass is 10.1. The first-order chi connectivity index (χ1) is 8.65. The zero-order valence-corrected chi connectivity index (χ0v) is 10.1. The Labute approximate surface area is 104 Å². The number of tetrazole rings is 1. The quantitative estimate of drug-likeness (QED) is 0.852. The molecule has 2 rings (SSSR count). The molecule has 6 nitrogen and oxygen atoms in total. The molecule has 0 spiro atoms. The normalized spacial score (nSPS) is 10.5. The van der Waals surface area contributed by atoms with Crippen molar-refractivity contribution in [2.75, 3.05) is 0 Å². The van der Waals surface area contributed by atoms with Crippen molar-refractivity contribution in [2.24, 2.45) is 0 Å². The van der Waals surface area contributed by atoms with Gasteiger partial charge in [0.1, 0.15) is 0 Å². The number of carbonyl (C=O) groups is 1. The summed E-state index contributed by atoms with van der Waals surface area (Å²) in [6.07, 6.45) is 0.625. The smallest absolute Gasteiger partial charge is 0.305 e. The lowest BCUT2D eigenvalue weighted by Gasteiger charge is -2.03. The molecule has 0 aliphatic rings. The fraction of sp³-hybridized carbons (Fsp3) is 0.333. The van der Waals surface area contributed by atoms with Gasteiger partial charge in [-0.15, -0.1) is 5.10 Å². The minimum atomic E-state index is -0.855. The van der Waals surface area contributed by atoms with E-state index < -0.39 is 5.97 Å². The third-order valence-corrected chi connectivity index (χ3v) is 2.59. The second-order valence-corrected chi connectivity index (χ2v) is 4.13. The van der Waals surface area contributed by atoms with Crippen LogP contribution in [0.5, 0.6) is 0 Å². The zero-order chi connectivity index (χ0) is 13.0. The van der Waals surface area contributed by atoms with Gasteiger partial charge in [0.2, 0.25) is 0 Å². The molecule has 0 amide bonds. The number of benzene rings is 1. The Balaban J connectivity index is 2.10. The van der Waals surface area contributed by atoms with E-state index >= 15 is 0 Å². The van der Waals surface area contributed by atoms with Crippen LogP contribution in [0.3, 0.4) is 0 Å². The zero-order valence-electron chi connectivity index (χ0n) is 10.1. The molecule has 1 N–H and O–H groups in total. The maximum absolute atomic E-state index is 10.5. The first-order valence-electron chi connectivity index (χ1n) is 5.67. The average molecular weight is 246 g/mol. The summed E-state index contributed by atoms with van der Waals surface area (Å²) in [7, 11) is 0. The molecule has 0 atom stereocenters. The van der Waals surface area contributed by atoms with Crippen molar-refractivity contribution in [3.05, 3.63) is 41.2 Å². The number of aliphatic carboxylic acids is 1. The predicted octanol–water partition coefficient (Wildman–Crippen LogP) is 1.05. The van der Waals surface area contributed by atoms with Gasteiger partial charge >= 0.3 is 5.97 Å². The highest BCUT2D eigenvalue weighted by atomic mass is 16.4. The third-order valence-electron chi connectivity index (χ3n) is 2.59. The Morgan fingerprint density at radius 1 is 1.44 bits per heavy atom. The summed E-state index contributed by atoms with van der Waals surface area (Å²) in [5.41, 5.74) is 2.29. The van der Waals surface area contributed by atoms with E-state index in [2.05, 4.69) is 21.6 Å². The standard InChI is InChI=1S/C12H14N4O2/c1-9-3-2-4-10(7-9)8-11-13-14-15-16(11)6-5-12(17)18/h2-4,7H,5-6,8H2,1H3,(H,17,18). The lowest BCUT2D eigenvalue weighted by molar-refractivity contribution is -0.137. The van der Waals surface area contributed by atoms with Crippen molar-refractivity contribution in [1.29, 1.82) is 0 Å². The van der Waals surface area contributed by atoms with Crippen LogP contribution in [0.1, 0.15) is 23.4 Å². The number of hydrogen-bond acceptors (Lipinski definition) is 4. The van der Waals surface area contributed by atoms with Gasteiger partial charge in [-0.2, -0.15) is 0 Å². The average Bonchev–Trinajstić information content (AvgIpc) is 2.74. The van der Waals surface area contributed by atoms with E-state index in [9.17, 15) is 4.79 Å². The van der Waals surface area contributed by atoms with Crippen LogP contribution in [0, 0.1) is 6.92 Å². The molecule has 1 heterocycles. The van der Waals surface area contributed by atoms with Crippen LogP contribution in [-0.2, 0) is 17.8 Å². The summed E-state index contributed by atoms with van der Waals surface area (Å²) < 4.78 is 1.54. The molecular weight excluding hydrogens is 232 g/mol. The first kappa shape index (κ1) is 12.2. The molecule has 18 heavy (non-hydrogen) atoms. The van der Waals surface area contributed by atoms with Crippen LogP contribution in [0.2, 0.25) is 0 Å². The Hall–Kier alpha value is -2.24. The van der Waals surface area contributed by atoms with Crippen LogP contribution in [0.25, 0.3) is 0 Å². The first-order valence-corrected chi connectivity index (χ1v) is 5.67. The highest BCUT2D eigenvalue weighted by Crippen LogP contribution is 2.09. The molecule has 0 radical (unpaired) electrons. The van der Waals surface area contributed by atoms with Gasteiger partial charge in [0.15, 0.2) is 5.82 Å². The Kier molecular flexibility index (Phi) is 3.66. The lowest BCUT2D eigenvalue weighted by Crippen LogP contribution is -2.10. The SMILES string of the molecule is Cc1cccc(Cc2nnnn2CCC(=O)O)c1. The summed E-state index contributed by atoms with van der Waals surface area (Å²) >= 11 is 0. The highest BCUT2D eigenvalue weighted by Gasteiger charge is 2.08. The minimum absolute atomic E-state index is 0.0197. The Morgan fingerprint density at radius 3 is 3.00 bits per heavy atom.